The fourth-order valence-corrected chi connectivity index (χ4v) is 3.35. The summed E-state index contributed by atoms with van der Waals surface area (Å²) in [5, 5.41) is 23.9. The number of aliphatic hydroxyl groups is 1. The molecule has 19 heavy (non-hydrogen) atoms. The average molecular weight is 263 g/mol. The third-order valence-electron chi connectivity index (χ3n) is 4.15. The minimum Gasteiger partial charge on any atom is -0.393 e. The van der Waals surface area contributed by atoms with Crippen molar-refractivity contribution in [1.82, 2.24) is 10.3 Å². The molecule has 102 valence electrons. The molecule has 6 nitrogen and oxygen atoms in total. The molecule has 1 aromatic heterocycles. The second-order valence-electron chi connectivity index (χ2n) is 5.56. The Bertz CT molecular complexity index is 459. The first-order chi connectivity index (χ1) is 9.11. The van der Waals surface area contributed by atoms with E-state index < -0.39 is 4.92 Å². The quantitative estimate of drug-likeness (QED) is 0.621. The van der Waals surface area contributed by atoms with Gasteiger partial charge in [0.1, 0.15) is 6.20 Å². The third kappa shape index (κ3) is 2.59. The molecule has 4 atom stereocenters. The van der Waals surface area contributed by atoms with E-state index in [1.165, 1.54) is 6.07 Å². The summed E-state index contributed by atoms with van der Waals surface area (Å²) in [6.07, 6.45) is 4.97. The number of nitrogens with zero attached hydrogens (tertiary/aromatic N) is 2. The average Bonchev–Trinajstić information content (AvgIpc) is 2.37. The number of pyridine rings is 1. The highest BCUT2D eigenvalue weighted by molar-refractivity contribution is 5.26. The van der Waals surface area contributed by atoms with Crippen LogP contribution in [-0.2, 0) is 0 Å². The molecule has 2 fully saturated rings. The van der Waals surface area contributed by atoms with Gasteiger partial charge in [-0.3, -0.25) is 0 Å². The highest BCUT2D eigenvalue weighted by Gasteiger charge is 2.35. The zero-order chi connectivity index (χ0) is 13.4. The minimum absolute atomic E-state index is 0.103. The number of nitro groups is 1. The molecule has 2 saturated heterocycles. The number of aromatic nitrogens is 1. The van der Waals surface area contributed by atoms with Crippen molar-refractivity contribution in [3.63, 3.8) is 0 Å². The van der Waals surface area contributed by atoms with Gasteiger partial charge in [0.05, 0.1) is 6.10 Å². The standard InChI is InChI=1S/C13H17N3O3/c17-12-5-10-3-9(4-11(6-12)15-10)8-1-2-13(14-7-8)16(18)19/h1-2,7,9-12,15,17H,3-6H2/t9?,10-,11+,12+. The fourth-order valence-electron chi connectivity index (χ4n) is 3.35. The van der Waals surface area contributed by atoms with Gasteiger partial charge in [-0.05, 0) is 53.1 Å². The first kappa shape index (κ1) is 12.5. The van der Waals surface area contributed by atoms with Crippen LogP contribution in [0.1, 0.15) is 37.2 Å². The summed E-state index contributed by atoms with van der Waals surface area (Å²) in [4.78, 5) is 14.0. The molecule has 3 rings (SSSR count). The maximum absolute atomic E-state index is 10.6. The maximum atomic E-state index is 10.6. The summed E-state index contributed by atoms with van der Waals surface area (Å²) in [6.45, 7) is 0. The number of nitrogens with one attached hydrogen (secondary N) is 1. The number of rotatable bonds is 2. The van der Waals surface area contributed by atoms with Gasteiger partial charge in [-0.2, -0.15) is 0 Å². The van der Waals surface area contributed by atoms with Crippen molar-refractivity contribution in [3.05, 3.63) is 34.0 Å². The zero-order valence-electron chi connectivity index (χ0n) is 10.5. The van der Waals surface area contributed by atoms with Crippen molar-refractivity contribution in [2.75, 3.05) is 0 Å². The van der Waals surface area contributed by atoms with Crippen LogP contribution in [0.5, 0.6) is 0 Å². The summed E-state index contributed by atoms with van der Waals surface area (Å²) >= 11 is 0. The Morgan fingerprint density at radius 2 is 1.95 bits per heavy atom. The van der Waals surface area contributed by atoms with Crippen LogP contribution in [0.4, 0.5) is 5.82 Å². The van der Waals surface area contributed by atoms with Crippen LogP contribution in [0, 0.1) is 10.1 Å². The predicted octanol–water partition coefficient (Wildman–Crippen LogP) is 1.35. The summed E-state index contributed by atoms with van der Waals surface area (Å²) in [5.74, 6) is 0.283. The third-order valence-corrected chi connectivity index (χ3v) is 4.15. The van der Waals surface area contributed by atoms with E-state index >= 15 is 0 Å². The monoisotopic (exact) mass is 263 g/mol. The molecule has 0 amide bonds. The first-order valence-corrected chi connectivity index (χ1v) is 6.66. The van der Waals surface area contributed by atoms with Gasteiger partial charge >= 0.3 is 5.82 Å². The van der Waals surface area contributed by atoms with E-state index in [0.29, 0.717) is 18.0 Å². The highest BCUT2D eigenvalue weighted by atomic mass is 16.6. The van der Waals surface area contributed by atoms with E-state index in [9.17, 15) is 15.2 Å². The maximum Gasteiger partial charge on any atom is 0.363 e. The van der Waals surface area contributed by atoms with Crippen molar-refractivity contribution in [2.24, 2.45) is 0 Å². The second kappa shape index (κ2) is 4.86. The van der Waals surface area contributed by atoms with E-state index in [-0.39, 0.29) is 11.9 Å². The predicted molar refractivity (Wildman–Crippen MR) is 68.8 cm³/mol. The molecule has 0 saturated carbocycles. The van der Waals surface area contributed by atoms with Crippen molar-refractivity contribution in [2.45, 2.75) is 49.8 Å². The molecular formula is C13H17N3O3. The Morgan fingerprint density at radius 3 is 2.47 bits per heavy atom. The van der Waals surface area contributed by atoms with E-state index in [4.69, 9.17) is 0 Å². The number of hydrogen-bond acceptors (Lipinski definition) is 5. The van der Waals surface area contributed by atoms with Crippen LogP contribution in [0.15, 0.2) is 18.3 Å². The number of aliphatic hydroxyl groups excluding tert-OH is 1. The van der Waals surface area contributed by atoms with Crippen LogP contribution in [0.3, 0.4) is 0 Å². The SMILES string of the molecule is O=[N+]([O-])c1ccc(C2C[C@@H]3C[C@H](O)C[C@H](C2)N3)cn1. The number of piperidine rings is 2. The van der Waals surface area contributed by atoms with Crippen molar-refractivity contribution in [1.29, 1.82) is 0 Å². The molecule has 2 aliphatic heterocycles. The molecule has 2 aliphatic rings. The summed E-state index contributed by atoms with van der Waals surface area (Å²) in [5.41, 5.74) is 1.07. The van der Waals surface area contributed by atoms with Gasteiger partial charge in [0.2, 0.25) is 0 Å². The van der Waals surface area contributed by atoms with Crippen molar-refractivity contribution >= 4 is 5.82 Å². The summed E-state index contributed by atoms with van der Waals surface area (Å²) in [7, 11) is 0. The van der Waals surface area contributed by atoms with Crippen molar-refractivity contribution in [3.8, 4) is 0 Å². The largest absolute Gasteiger partial charge is 0.393 e. The van der Waals surface area contributed by atoms with E-state index in [0.717, 1.165) is 31.2 Å². The van der Waals surface area contributed by atoms with Crippen LogP contribution in [0.2, 0.25) is 0 Å². The molecule has 3 heterocycles. The minimum atomic E-state index is -0.475. The highest BCUT2D eigenvalue weighted by Crippen LogP contribution is 2.36. The molecule has 0 aromatic carbocycles. The number of fused-ring (bicyclic) bond motifs is 2. The van der Waals surface area contributed by atoms with Crippen LogP contribution >= 0.6 is 0 Å². The number of hydrogen-bond donors (Lipinski definition) is 2. The molecule has 0 radical (unpaired) electrons. The lowest BCUT2D eigenvalue weighted by atomic mass is 9.77. The van der Waals surface area contributed by atoms with Gasteiger partial charge in [-0.25, -0.2) is 0 Å². The van der Waals surface area contributed by atoms with Gasteiger partial charge in [0.25, 0.3) is 0 Å². The topological polar surface area (TPSA) is 88.3 Å². The zero-order valence-corrected chi connectivity index (χ0v) is 10.5. The molecule has 1 unspecified atom stereocenters. The molecule has 2 N–H and O–H groups in total. The van der Waals surface area contributed by atoms with Crippen molar-refractivity contribution < 1.29 is 10.0 Å². The molecule has 2 bridgehead atoms. The molecular weight excluding hydrogens is 246 g/mol. The molecule has 0 spiro atoms. The van der Waals surface area contributed by atoms with Gasteiger partial charge in [-0.15, -0.1) is 0 Å². The Labute approximate surface area is 111 Å². The van der Waals surface area contributed by atoms with Gasteiger partial charge in [0, 0.05) is 18.2 Å². The first-order valence-electron chi connectivity index (χ1n) is 6.66. The van der Waals surface area contributed by atoms with E-state index in [1.54, 1.807) is 6.20 Å². The summed E-state index contributed by atoms with van der Waals surface area (Å²) in [6, 6.07) is 3.99. The molecule has 0 aliphatic carbocycles. The normalized spacial score (nSPS) is 33.9. The Hall–Kier alpha value is -1.53. The molecule has 1 aromatic rings. The smallest absolute Gasteiger partial charge is 0.363 e. The Balaban J connectivity index is 1.74. The Kier molecular flexibility index (Phi) is 3.20. The summed E-state index contributed by atoms with van der Waals surface area (Å²) < 4.78 is 0. The van der Waals surface area contributed by atoms with E-state index in [2.05, 4.69) is 10.3 Å². The molecule has 6 heteroatoms. The Morgan fingerprint density at radius 1 is 1.26 bits per heavy atom. The van der Waals surface area contributed by atoms with Gasteiger partial charge in [0.15, 0.2) is 0 Å². The van der Waals surface area contributed by atoms with E-state index in [1.807, 2.05) is 6.07 Å². The van der Waals surface area contributed by atoms with Crippen LogP contribution in [-0.4, -0.2) is 33.2 Å². The lowest BCUT2D eigenvalue weighted by Crippen LogP contribution is -2.52. The van der Waals surface area contributed by atoms with Crippen LogP contribution < -0.4 is 5.32 Å². The lowest BCUT2D eigenvalue weighted by molar-refractivity contribution is -0.389. The van der Waals surface area contributed by atoms with Gasteiger partial charge < -0.3 is 20.5 Å². The second-order valence-corrected chi connectivity index (χ2v) is 5.56. The van der Waals surface area contributed by atoms with Crippen LogP contribution in [0.25, 0.3) is 0 Å². The lowest BCUT2D eigenvalue weighted by Gasteiger charge is -2.42. The van der Waals surface area contributed by atoms with Gasteiger partial charge in [-0.1, -0.05) is 0 Å². The fraction of sp³-hybridized carbons (Fsp3) is 0.615.